The number of benzene rings is 13. The highest BCUT2D eigenvalue weighted by Crippen LogP contribution is 2.50. The van der Waals surface area contributed by atoms with Gasteiger partial charge in [0.15, 0.2) is 17.5 Å². The van der Waals surface area contributed by atoms with Crippen molar-refractivity contribution in [2.45, 2.75) is 105 Å². The Morgan fingerprint density at radius 1 is 0.232 bits per heavy atom. The molecule has 0 amide bonds. The molecular weight excluding hydrogens is 1200 g/mol. The maximum Gasteiger partial charge on any atom is 0.253 e. The van der Waals surface area contributed by atoms with E-state index < -0.39 is 0 Å². The lowest BCUT2D eigenvalue weighted by Gasteiger charge is -2.45. The third-order valence-corrected chi connectivity index (χ3v) is 20.4. The van der Waals surface area contributed by atoms with Crippen LogP contribution in [-0.2, 0) is 21.7 Å². The Hall–Kier alpha value is -10.9. The van der Waals surface area contributed by atoms with E-state index >= 15 is 0 Å². The van der Waals surface area contributed by atoms with E-state index in [9.17, 15) is 0 Å². The number of hydrogen-bond donors (Lipinski definition) is 0. The van der Waals surface area contributed by atoms with Crippen molar-refractivity contribution in [2.24, 2.45) is 0 Å². The van der Waals surface area contributed by atoms with Gasteiger partial charge in [0, 0.05) is 50.8 Å². The third kappa shape index (κ3) is 11.6. The van der Waals surface area contributed by atoms with Crippen LogP contribution < -0.4 is 26.2 Å². The first-order chi connectivity index (χ1) is 47.6. The summed E-state index contributed by atoms with van der Waals surface area (Å²) in [6.45, 7) is 27.9. The van der Waals surface area contributed by atoms with Gasteiger partial charge in [0.25, 0.3) is 6.71 Å². The van der Waals surface area contributed by atoms with Gasteiger partial charge in [-0.2, -0.15) is 0 Å². The van der Waals surface area contributed by atoms with Crippen molar-refractivity contribution in [1.29, 1.82) is 0 Å². The molecule has 14 aromatic rings. The second-order valence-corrected chi connectivity index (χ2v) is 31.4. The van der Waals surface area contributed by atoms with Crippen LogP contribution >= 0.6 is 0 Å². The van der Waals surface area contributed by atoms with Gasteiger partial charge in [-0.1, -0.05) is 277 Å². The molecule has 2 aliphatic rings. The third-order valence-electron chi connectivity index (χ3n) is 20.4. The maximum atomic E-state index is 5.88. The fourth-order valence-corrected chi connectivity index (χ4v) is 14.9. The summed E-state index contributed by atoms with van der Waals surface area (Å²) < 4.78 is 0. The first-order valence-electron chi connectivity index (χ1n) is 35.0. The summed E-state index contributed by atoms with van der Waals surface area (Å²) in [6.07, 6.45) is 0. The molecule has 2 aliphatic heterocycles. The minimum absolute atomic E-state index is 0.173. The minimum Gasteiger partial charge on any atom is -0.311 e. The van der Waals surface area contributed by atoms with Crippen LogP contribution in [0.1, 0.15) is 105 Å². The molecule has 0 fully saturated rings. The van der Waals surface area contributed by atoms with Crippen molar-refractivity contribution in [1.82, 2.24) is 15.0 Å². The normalized spacial score (nSPS) is 13.0. The molecule has 3 heterocycles. The van der Waals surface area contributed by atoms with Gasteiger partial charge >= 0.3 is 0 Å². The zero-order chi connectivity index (χ0) is 68.3. The largest absolute Gasteiger partial charge is 0.311 e. The van der Waals surface area contributed by atoms with Gasteiger partial charge in [0.2, 0.25) is 0 Å². The van der Waals surface area contributed by atoms with Gasteiger partial charge < -0.3 is 9.80 Å². The van der Waals surface area contributed by atoms with Crippen LogP contribution in [0.4, 0.5) is 34.1 Å². The van der Waals surface area contributed by atoms with E-state index in [1.807, 2.05) is 0 Å². The molecule has 1 aromatic heterocycles. The molecule has 0 saturated heterocycles. The second kappa shape index (κ2) is 24.0. The minimum atomic E-state index is -0.210. The molecule has 0 spiro atoms. The average Bonchev–Trinajstić information content (AvgIpc) is 0.684. The standard InChI is InChI=1S/C93H82BN5/c1-90(2,3)72-53-73(91(4,5)6)56-76(55-72)98-80-43-41-63-37-25-27-39-78(63)84(80)94-85-79-40-28-26-38-64(79)42-44-81(85)99(77-57-74(92(7,8)9)54-75(58-77)93(10,11)12)83-52-71(51-82(98)86(83)94)89-96-87(69-47-65(59-29-17-13-18-30-59)45-66(48-69)60-31-19-14-20-32-60)95-88(97-89)70-49-67(61-33-21-15-22-34-61)46-68(50-70)62-35-23-16-24-36-62/h13-58H,1-12H3. The molecule has 16 rings (SSSR count). The van der Waals surface area contributed by atoms with E-state index in [1.165, 1.54) is 60.2 Å². The highest BCUT2D eigenvalue weighted by molar-refractivity contribution is 7.03. The van der Waals surface area contributed by atoms with Crippen LogP contribution in [-0.4, -0.2) is 21.7 Å². The van der Waals surface area contributed by atoms with Crippen LogP contribution in [0.2, 0.25) is 0 Å². The van der Waals surface area contributed by atoms with Crippen LogP contribution in [0, 0.1) is 0 Å². The monoisotopic (exact) mass is 1280 g/mol. The molecule has 0 atom stereocenters. The van der Waals surface area contributed by atoms with Gasteiger partial charge in [0.1, 0.15) is 0 Å². The predicted molar refractivity (Wildman–Crippen MR) is 422 cm³/mol. The SMILES string of the molecule is CC(C)(C)c1cc(N2c3cc(-c4nc(-c5cc(-c6ccccc6)cc(-c6ccccc6)c5)nc(-c5cc(-c6ccccc6)cc(-c6ccccc6)c5)n4)cc4c3B(c3c2ccc2ccccc32)c2c(ccc3ccccc23)N4c2cc(C(C)(C)C)cc(C(C)(C)C)c2)cc(C(C)(C)C)c1. The molecule has 6 heteroatoms. The van der Waals surface area contributed by atoms with Gasteiger partial charge in [-0.05, 0) is 211 Å². The molecule has 99 heavy (non-hydrogen) atoms. The van der Waals surface area contributed by atoms with Gasteiger partial charge in [0.05, 0.1) is 0 Å². The molecule has 0 aliphatic carbocycles. The Kier molecular flexibility index (Phi) is 15.2. The van der Waals surface area contributed by atoms with Crippen LogP contribution in [0.15, 0.2) is 279 Å². The summed E-state index contributed by atoms with van der Waals surface area (Å²) in [5.74, 6) is 1.71. The first kappa shape index (κ1) is 62.8. The van der Waals surface area contributed by atoms with Crippen molar-refractivity contribution in [3.05, 3.63) is 301 Å². The summed E-state index contributed by atoms with van der Waals surface area (Å²) in [4.78, 5) is 22.7. The topological polar surface area (TPSA) is 45.2 Å². The summed E-state index contributed by atoms with van der Waals surface area (Å²) in [7, 11) is 0. The van der Waals surface area contributed by atoms with E-state index in [-0.39, 0.29) is 28.4 Å². The summed E-state index contributed by atoms with van der Waals surface area (Å²) in [6, 6.07) is 104. The molecule has 5 nitrogen and oxygen atoms in total. The number of aromatic nitrogens is 3. The maximum absolute atomic E-state index is 5.88. The smallest absolute Gasteiger partial charge is 0.253 e. The van der Waals surface area contributed by atoms with E-state index in [1.54, 1.807) is 0 Å². The Labute approximate surface area is 584 Å². The summed E-state index contributed by atoms with van der Waals surface area (Å²) in [5.41, 5.74) is 26.2. The summed E-state index contributed by atoms with van der Waals surface area (Å²) >= 11 is 0. The molecule has 0 N–H and O–H groups in total. The van der Waals surface area contributed by atoms with Crippen molar-refractivity contribution < 1.29 is 0 Å². The van der Waals surface area contributed by atoms with Gasteiger partial charge in [-0.25, -0.2) is 15.0 Å². The quantitative estimate of drug-likeness (QED) is 0.135. The number of nitrogens with zero attached hydrogens (tertiary/aromatic N) is 5. The number of hydrogen-bond acceptors (Lipinski definition) is 5. The summed E-state index contributed by atoms with van der Waals surface area (Å²) in [5, 5.41) is 4.88. The molecular formula is C93H82BN5. The molecule has 13 aromatic carbocycles. The van der Waals surface area contributed by atoms with Crippen molar-refractivity contribution in [3.63, 3.8) is 0 Å². The van der Waals surface area contributed by atoms with E-state index in [0.717, 1.165) is 95.3 Å². The van der Waals surface area contributed by atoms with Crippen LogP contribution in [0.25, 0.3) is 100 Å². The molecule has 0 saturated carbocycles. The zero-order valence-electron chi connectivity index (χ0n) is 58.9. The highest BCUT2D eigenvalue weighted by Gasteiger charge is 2.46. The fourth-order valence-electron chi connectivity index (χ4n) is 14.9. The number of rotatable bonds is 9. The molecule has 0 radical (unpaired) electrons. The van der Waals surface area contributed by atoms with Crippen molar-refractivity contribution in [3.8, 4) is 78.7 Å². The lowest BCUT2D eigenvalue weighted by molar-refractivity contribution is 0.568. The average molecular weight is 1280 g/mol. The van der Waals surface area contributed by atoms with Crippen molar-refractivity contribution in [2.75, 3.05) is 9.80 Å². The van der Waals surface area contributed by atoms with Gasteiger partial charge in [-0.15, -0.1) is 0 Å². The Morgan fingerprint density at radius 2 is 0.505 bits per heavy atom. The van der Waals surface area contributed by atoms with E-state index in [0.29, 0.717) is 17.5 Å². The van der Waals surface area contributed by atoms with E-state index in [2.05, 4.69) is 372 Å². The Bertz CT molecular complexity index is 4970. The number of fused-ring (bicyclic) bond motifs is 8. The zero-order valence-corrected chi connectivity index (χ0v) is 58.9. The lowest BCUT2D eigenvalue weighted by Crippen LogP contribution is -2.61. The first-order valence-corrected chi connectivity index (χ1v) is 35.0. The molecule has 0 unspecified atom stereocenters. The van der Waals surface area contributed by atoms with Gasteiger partial charge in [-0.3, -0.25) is 0 Å². The second-order valence-electron chi connectivity index (χ2n) is 31.4. The fraction of sp³-hybridized carbons (Fsp3) is 0.172. The molecule has 0 bridgehead atoms. The Balaban J connectivity index is 1.07. The Morgan fingerprint density at radius 3 is 0.808 bits per heavy atom. The lowest BCUT2D eigenvalue weighted by atomic mass is 9.32. The predicted octanol–water partition coefficient (Wildman–Crippen LogP) is 23.1. The van der Waals surface area contributed by atoms with Crippen molar-refractivity contribution >= 4 is 78.8 Å². The van der Waals surface area contributed by atoms with E-state index in [4.69, 9.17) is 15.0 Å². The van der Waals surface area contributed by atoms with Crippen LogP contribution in [0.3, 0.4) is 0 Å². The molecule has 482 valence electrons. The number of anilines is 6. The van der Waals surface area contributed by atoms with Crippen LogP contribution in [0.5, 0.6) is 0 Å². The highest BCUT2D eigenvalue weighted by atomic mass is 15.2.